The minimum Gasteiger partial charge on any atom is -0.495 e. The number of ether oxygens (including phenoxy) is 1. The van der Waals surface area contributed by atoms with Gasteiger partial charge in [-0.05, 0) is 49.2 Å². The van der Waals surface area contributed by atoms with Crippen LogP contribution in [0.15, 0.2) is 48.8 Å². The first-order valence-corrected chi connectivity index (χ1v) is 8.65. The second-order valence-electron chi connectivity index (χ2n) is 6.04. The van der Waals surface area contributed by atoms with Crippen molar-refractivity contribution in [2.24, 2.45) is 0 Å². The van der Waals surface area contributed by atoms with Gasteiger partial charge in [-0.3, -0.25) is 4.79 Å². The van der Waals surface area contributed by atoms with Gasteiger partial charge >= 0.3 is 0 Å². The minimum atomic E-state index is -0.355. The predicted octanol–water partition coefficient (Wildman–Crippen LogP) is 4.75. The number of aryl methyl sites for hydroxylation is 2. The van der Waals surface area contributed by atoms with Crippen molar-refractivity contribution in [1.82, 2.24) is 9.97 Å². The van der Waals surface area contributed by atoms with Crippen LogP contribution in [-0.2, 0) is 0 Å². The van der Waals surface area contributed by atoms with Crippen molar-refractivity contribution in [2.75, 3.05) is 17.7 Å². The maximum absolute atomic E-state index is 12.6. The molecule has 0 radical (unpaired) electrons. The number of carbonyl (C=O) groups is 1. The first-order chi connectivity index (χ1) is 13.0. The molecule has 7 heteroatoms. The van der Waals surface area contributed by atoms with Gasteiger partial charge < -0.3 is 15.4 Å². The van der Waals surface area contributed by atoms with E-state index < -0.39 is 0 Å². The predicted molar refractivity (Wildman–Crippen MR) is 107 cm³/mol. The minimum absolute atomic E-state index is 0.231. The van der Waals surface area contributed by atoms with Crippen LogP contribution in [0.3, 0.4) is 0 Å². The highest BCUT2D eigenvalue weighted by atomic mass is 35.5. The number of amides is 1. The van der Waals surface area contributed by atoms with Crippen molar-refractivity contribution in [1.29, 1.82) is 0 Å². The molecule has 27 heavy (non-hydrogen) atoms. The topological polar surface area (TPSA) is 76.1 Å². The zero-order chi connectivity index (χ0) is 19.4. The second kappa shape index (κ2) is 8.05. The lowest BCUT2D eigenvalue weighted by Gasteiger charge is -2.11. The van der Waals surface area contributed by atoms with Gasteiger partial charge in [-0.15, -0.1) is 0 Å². The quantitative estimate of drug-likeness (QED) is 0.665. The van der Waals surface area contributed by atoms with E-state index in [4.69, 9.17) is 16.3 Å². The lowest BCUT2D eigenvalue weighted by molar-refractivity contribution is 0.102. The Balaban J connectivity index is 1.79. The largest absolute Gasteiger partial charge is 0.495 e. The van der Waals surface area contributed by atoms with E-state index in [9.17, 15) is 4.79 Å². The third kappa shape index (κ3) is 4.54. The van der Waals surface area contributed by atoms with Crippen LogP contribution in [0, 0.1) is 13.8 Å². The Morgan fingerprint density at radius 3 is 2.63 bits per heavy atom. The highest BCUT2D eigenvalue weighted by Crippen LogP contribution is 2.26. The summed E-state index contributed by atoms with van der Waals surface area (Å²) in [6.45, 7) is 3.87. The van der Waals surface area contributed by atoms with Crippen molar-refractivity contribution < 1.29 is 9.53 Å². The summed E-state index contributed by atoms with van der Waals surface area (Å²) in [6.07, 6.45) is 1.33. The summed E-state index contributed by atoms with van der Waals surface area (Å²) in [5, 5.41) is 6.60. The smallest absolute Gasteiger partial charge is 0.274 e. The molecule has 0 saturated carbocycles. The first-order valence-electron chi connectivity index (χ1n) is 8.27. The Morgan fingerprint density at radius 2 is 1.89 bits per heavy atom. The fraction of sp³-hybridized carbons (Fsp3) is 0.150. The molecule has 0 fully saturated rings. The number of hydrogen-bond acceptors (Lipinski definition) is 5. The van der Waals surface area contributed by atoms with Gasteiger partial charge in [-0.2, -0.15) is 0 Å². The molecule has 6 nitrogen and oxygen atoms in total. The molecule has 1 amide bonds. The summed E-state index contributed by atoms with van der Waals surface area (Å²) in [6, 6.07) is 12.7. The first kappa shape index (κ1) is 18.7. The van der Waals surface area contributed by atoms with E-state index in [1.165, 1.54) is 6.33 Å². The highest BCUT2D eigenvalue weighted by Gasteiger charge is 2.12. The zero-order valence-corrected chi connectivity index (χ0v) is 16.0. The molecular weight excluding hydrogens is 364 g/mol. The van der Waals surface area contributed by atoms with Crippen LogP contribution in [0.2, 0.25) is 5.02 Å². The average molecular weight is 383 g/mol. The molecule has 0 aliphatic heterocycles. The van der Waals surface area contributed by atoms with Crippen molar-refractivity contribution in [3.63, 3.8) is 0 Å². The van der Waals surface area contributed by atoms with Crippen LogP contribution in [0.4, 0.5) is 17.2 Å². The van der Waals surface area contributed by atoms with Crippen LogP contribution in [0.25, 0.3) is 0 Å². The molecule has 3 aromatic rings. The highest BCUT2D eigenvalue weighted by molar-refractivity contribution is 6.31. The third-order valence-corrected chi connectivity index (χ3v) is 4.35. The lowest BCUT2D eigenvalue weighted by Crippen LogP contribution is -2.15. The molecule has 0 aliphatic rings. The van der Waals surface area contributed by atoms with Crippen LogP contribution < -0.4 is 15.4 Å². The molecule has 0 atom stereocenters. The summed E-state index contributed by atoms with van der Waals surface area (Å²) in [5.41, 5.74) is 3.58. The summed E-state index contributed by atoms with van der Waals surface area (Å²) in [5.74, 6) is 0.716. The van der Waals surface area contributed by atoms with Crippen LogP contribution >= 0.6 is 11.6 Å². The molecule has 3 rings (SSSR count). The van der Waals surface area contributed by atoms with Crippen LogP contribution in [0.5, 0.6) is 5.75 Å². The van der Waals surface area contributed by atoms with E-state index in [1.54, 1.807) is 25.3 Å². The van der Waals surface area contributed by atoms with Gasteiger partial charge in [-0.1, -0.05) is 23.7 Å². The van der Waals surface area contributed by atoms with Crippen molar-refractivity contribution in [2.45, 2.75) is 13.8 Å². The molecule has 2 N–H and O–H groups in total. The fourth-order valence-electron chi connectivity index (χ4n) is 2.47. The molecule has 0 spiro atoms. The Hall–Kier alpha value is -3.12. The number of halogens is 1. The van der Waals surface area contributed by atoms with Crippen molar-refractivity contribution >= 4 is 34.7 Å². The molecule has 0 unspecified atom stereocenters. The van der Waals surface area contributed by atoms with E-state index in [0.717, 1.165) is 16.8 Å². The molecule has 0 aliphatic carbocycles. The summed E-state index contributed by atoms with van der Waals surface area (Å²) < 4.78 is 5.29. The third-order valence-electron chi connectivity index (χ3n) is 3.95. The number of rotatable bonds is 5. The summed E-state index contributed by atoms with van der Waals surface area (Å²) in [7, 11) is 1.56. The number of nitrogens with one attached hydrogen (secondary N) is 2. The summed E-state index contributed by atoms with van der Waals surface area (Å²) in [4.78, 5) is 20.8. The monoisotopic (exact) mass is 382 g/mol. The maximum Gasteiger partial charge on any atom is 0.274 e. The number of hydrogen-bond donors (Lipinski definition) is 2. The second-order valence-corrected chi connectivity index (χ2v) is 6.44. The number of aromatic nitrogens is 2. The molecule has 2 aromatic carbocycles. The maximum atomic E-state index is 12.6. The Bertz CT molecular complexity index is 991. The standard InChI is InChI=1S/C20H19ClN4O2/c1-12-4-7-18(27-3)16(8-12)25-20(26)17-10-19(23-11-22-17)24-14-6-5-13(2)15(21)9-14/h4-11H,1-3H3,(H,25,26)(H,22,23,24). The normalized spacial score (nSPS) is 10.4. The number of nitrogens with zero attached hydrogens (tertiary/aromatic N) is 2. The van der Waals surface area contributed by atoms with Gasteiger partial charge in [0.25, 0.3) is 5.91 Å². The number of benzene rings is 2. The molecule has 1 aromatic heterocycles. The van der Waals surface area contributed by atoms with Gasteiger partial charge in [0.2, 0.25) is 0 Å². The average Bonchev–Trinajstić information content (AvgIpc) is 2.65. The van der Waals surface area contributed by atoms with Gasteiger partial charge in [0, 0.05) is 16.8 Å². The Labute approximate surface area is 162 Å². The van der Waals surface area contributed by atoms with Gasteiger partial charge in [0.15, 0.2) is 0 Å². The Morgan fingerprint density at radius 1 is 1.07 bits per heavy atom. The number of carbonyl (C=O) groups excluding carboxylic acids is 1. The Kier molecular flexibility index (Phi) is 5.57. The van der Waals surface area contributed by atoms with Gasteiger partial charge in [-0.25, -0.2) is 9.97 Å². The SMILES string of the molecule is COc1ccc(C)cc1NC(=O)c1cc(Nc2ccc(C)c(Cl)c2)ncn1. The van der Waals surface area contributed by atoms with E-state index in [-0.39, 0.29) is 11.6 Å². The van der Waals surface area contributed by atoms with Crippen molar-refractivity contribution in [3.8, 4) is 5.75 Å². The lowest BCUT2D eigenvalue weighted by atomic mass is 10.2. The molecule has 138 valence electrons. The molecular formula is C20H19ClN4O2. The fourth-order valence-corrected chi connectivity index (χ4v) is 2.65. The van der Waals surface area contributed by atoms with E-state index in [2.05, 4.69) is 20.6 Å². The van der Waals surface area contributed by atoms with E-state index in [0.29, 0.717) is 22.3 Å². The van der Waals surface area contributed by atoms with Crippen LogP contribution in [-0.4, -0.2) is 23.0 Å². The van der Waals surface area contributed by atoms with E-state index in [1.807, 2.05) is 38.1 Å². The van der Waals surface area contributed by atoms with Gasteiger partial charge in [0.05, 0.1) is 12.8 Å². The number of methoxy groups -OCH3 is 1. The van der Waals surface area contributed by atoms with Gasteiger partial charge in [0.1, 0.15) is 23.6 Å². The molecule has 0 bridgehead atoms. The number of anilines is 3. The van der Waals surface area contributed by atoms with Crippen molar-refractivity contribution in [3.05, 3.63) is 70.6 Å². The molecule has 1 heterocycles. The van der Waals surface area contributed by atoms with Crippen LogP contribution in [0.1, 0.15) is 21.6 Å². The van der Waals surface area contributed by atoms with E-state index >= 15 is 0 Å². The zero-order valence-electron chi connectivity index (χ0n) is 15.2. The summed E-state index contributed by atoms with van der Waals surface area (Å²) >= 11 is 6.14. The molecule has 0 saturated heterocycles.